The third kappa shape index (κ3) is 3.58. The van der Waals surface area contributed by atoms with Gasteiger partial charge in [0.25, 0.3) is 0 Å². The van der Waals surface area contributed by atoms with E-state index in [0.717, 1.165) is 27.2 Å². The van der Waals surface area contributed by atoms with Crippen LogP contribution in [0, 0.1) is 0 Å². The van der Waals surface area contributed by atoms with Crippen molar-refractivity contribution in [3.8, 4) is 11.5 Å². The van der Waals surface area contributed by atoms with E-state index < -0.39 is 0 Å². The van der Waals surface area contributed by atoms with Gasteiger partial charge in [-0.3, -0.25) is 4.99 Å². The molecule has 0 fully saturated rings. The molecular formula is C15H14BrNO2. The highest BCUT2D eigenvalue weighted by Gasteiger charge is 2.02. The van der Waals surface area contributed by atoms with Crippen LogP contribution >= 0.6 is 15.9 Å². The molecule has 2 rings (SSSR count). The molecule has 4 heteroatoms. The third-order valence-electron chi connectivity index (χ3n) is 2.62. The number of methoxy groups -OCH3 is 2. The SMILES string of the molecule is COc1ccc(OC)c(C=Nc2ccc(Br)cc2)c1. The Morgan fingerprint density at radius 3 is 2.37 bits per heavy atom. The monoisotopic (exact) mass is 319 g/mol. The van der Waals surface area contributed by atoms with Crippen molar-refractivity contribution in [1.82, 2.24) is 0 Å². The Bertz CT molecular complexity index is 579. The molecule has 0 heterocycles. The molecule has 0 saturated carbocycles. The lowest BCUT2D eigenvalue weighted by Gasteiger charge is -2.06. The maximum Gasteiger partial charge on any atom is 0.127 e. The molecule has 3 nitrogen and oxygen atoms in total. The van der Waals surface area contributed by atoms with Gasteiger partial charge in [0.1, 0.15) is 11.5 Å². The number of rotatable bonds is 4. The van der Waals surface area contributed by atoms with Crippen molar-refractivity contribution in [2.24, 2.45) is 4.99 Å². The van der Waals surface area contributed by atoms with Crippen molar-refractivity contribution in [3.63, 3.8) is 0 Å². The summed E-state index contributed by atoms with van der Waals surface area (Å²) in [5, 5.41) is 0. The number of benzene rings is 2. The average molecular weight is 320 g/mol. The molecule has 0 aliphatic carbocycles. The van der Waals surface area contributed by atoms with Gasteiger partial charge in [0.2, 0.25) is 0 Å². The van der Waals surface area contributed by atoms with Crippen molar-refractivity contribution < 1.29 is 9.47 Å². The molecule has 0 atom stereocenters. The highest BCUT2D eigenvalue weighted by molar-refractivity contribution is 9.10. The number of hydrogen-bond acceptors (Lipinski definition) is 3. The van der Waals surface area contributed by atoms with Crippen molar-refractivity contribution in [3.05, 3.63) is 52.5 Å². The molecule has 2 aromatic rings. The molecule has 98 valence electrons. The van der Waals surface area contributed by atoms with Gasteiger partial charge < -0.3 is 9.47 Å². The van der Waals surface area contributed by atoms with Gasteiger partial charge in [-0.2, -0.15) is 0 Å². The summed E-state index contributed by atoms with van der Waals surface area (Å²) >= 11 is 3.39. The Labute approximate surface area is 121 Å². The lowest BCUT2D eigenvalue weighted by atomic mass is 10.2. The minimum absolute atomic E-state index is 0.765. The molecule has 0 spiro atoms. The minimum Gasteiger partial charge on any atom is -0.497 e. The lowest BCUT2D eigenvalue weighted by Crippen LogP contribution is -1.92. The van der Waals surface area contributed by atoms with Gasteiger partial charge in [-0.05, 0) is 42.5 Å². The van der Waals surface area contributed by atoms with Crippen LogP contribution in [0.15, 0.2) is 51.9 Å². The Morgan fingerprint density at radius 2 is 1.74 bits per heavy atom. The molecule has 0 saturated heterocycles. The van der Waals surface area contributed by atoms with Gasteiger partial charge in [0.15, 0.2) is 0 Å². The first-order valence-corrected chi connectivity index (χ1v) is 6.54. The van der Waals surface area contributed by atoms with Crippen LogP contribution in [0.5, 0.6) is 11.5 Å². The van der Waals surface area contributed by atoms with Crippen molar-refractivity contribution in [2.45, 2.75) is 0 Å². The molecule has 0 aromatic heterocycles. The highest BCUT2D eigenvalue weighted by Crippen LogP contribution is 2.23. The predicted octanol–water partition coefficient (Wildman–Crippen LogP) is 4.22. The van der Waals surface area contributed by atoms with Crippen molar-refractivity contribution in [2.75, 3.05) is 14.2 Å². The highest BCUT2D eigenvalue weighted by atomic mass is 79.9. The molecule has 2 aromatic carbocycles. The average Bonchev–Trinajstić information content (AvgIpc) is 2.46. The molecule has 0 amide bonds. The van der Waals surface area contributed by atoms with Crippen LogP contribution in [0.4, 0.5) is 5.69 Å². The molecular weight excluding hydrogens is 306 g/mol. The second kappa shape index (κ2) is 6.38. The maximum atomic E-state index is 5.30. The van der Waals surface area contributed by atoms with Crippen LogP contribution in [0.25, 0.3) is 0 Å². The topological polar surface area (TPSA) is 30.8 Å². The summed E-state index contributed by atoms with van der Waals surface area (Å²) in [6, 6.07) is 13.4. The van der Waals surface area contributed by atoms with Gasteiger partial charge in [0.05, 0.1) is 19.9 Å². The second-order valence-electron chi connectivity index (χ2n) is 3.84. The molecule has 0 bridgehead atoms. The van der Waals surface area contributed by atoms with Gasteiger partial charge >= 0.3 is 0 Å². The molecule has 0 radical (unpaired) electrons. The zero-order chi connectivity index (χ0) is 13.7. The molecule has 0 aliphatic rings. The van der Waals surface area contributed by atoms with Crippen LogP contribution in [0.3, 0.4) is 0 Å². The predicted molar refractivity (Wildman–Crippen MR) is 80.9 cm³/mol. The van der Waals surface area contributed by atoms with Crippen LogP contribution < -0.4 is 9.47 Å². The Balaban J connectivity index is 2.28. The summed E-state index contributed by atoms with van der Waals surface area (Å²) in [5.41, 5.74) is 1.76. The van der Waals surface area contributed by atoms with E-state index in [9.17, 15) is 0 Å². The lowest BCUT2D eigenvalue weighted by molar-refractivity contribution is 0.402. The summed E-state index contributed by atoms with van der Waals surface area (Å²) in [7, 11) is 3.27. The fraction of sp³-hybridized carbons (Fsp3) is 0.133. The van der Waals surface area contributed by atoms with Crippen LogP contribution in [0.2, 0.25) is 0 Å². The Kier molecular flexibility index (Phi) is 4.58. The summed E-state index contributed by atoms with van der Waals surface area (Å²) in [5.74, 6) is 1.54. The number of aliphatic imine (C=N–C) groups is 1. The van der Waals surface area contributed by atoms with E-state index in [1.54, 1.807) is 20.4 Å². The van der Waals surface area contributed by atoms with Crippen LogP contribution in [-0.4, -0.2) is 20.4 Å². The van der Waals surface area contributed by atoms with E-state index in [-0.39, 0.29) is 0 Å². The van der Waals surface area contributed by atoms with Gasteiger partial charge in [-0.1, -0.05) is 15.9 Å². The first-order valence-electron chi connectivity index (χ1n) is 5.74. The second-order valence-corrected chi connectivity index (χ2v) is 4.76. The normalized spacial score (nSPS) is 10.7. The van der Waals surface area contributed by atoms with E-state index in [2.05, 4.69) is 20.9 Å². The van der Waals surface area contributed by atoms with E-state index in [0.29, 0.717) is 0 Å². The number of hydrogen-bond donors (Lipinski definition) is 0. The summed E-state index contributed by atoms with van der Waals surface area (Å²) in [6.07, 6.45) is 1.77. The minimum atomic E-state index is 0.765. The molecule has 0 N–H and O–H groups in total. The molecule has 19 heavy (non-hydrogen) atoms. The van der Waals surface area contributed by atoms with E-state index in [1.165, 1.54) is 0 Å². The van der Waals surface area contributed by atoms with Crippen LogP contribution in [-0.2, 0) is 0 Å². The quantitative estimate of drug-likeness (QED) is 0.790. The van der Waals surface area contributed by atoms with E-state index >= 15 is 0 Å². The Hall–Kier alpha value is -1.81. The molecule has 0 unspecified atom stereocenters. The third-order valence-corrected chi connectivity index (χ3v) is 3.14. The summed E-state index contributed by atoms with van der Waals surface area (Å²) < 4.78 is 11.5. The molecule has 0 aliphatic heterocycles. The number of ether oxygens (including phenoxy) is 2. The van der Waals surface area contributed by atoms with E-state index in [4.69, 9.17) is 9.47 Å². The van der Waals surface area contributed by atoms with Gasteiger partial charge in [-0.15, -0.1) is 0 Å². The Morgan fingerprint density at radius 1 is 1.00 bits per heavy atom. The van der Waals surface area contributed by atoms with Crippen molar-refractivity contribution in [1.29, 1.82) is 0 Å². The van der Waals surface area contributed by atoms with Gasteiger partial charge in [0, 0.05) is 16.3 Å². The van der Waals surface area contributed by atoms with Crippen molar-refractivity contribution >= 4 is 27.8 Å². The number of halogens is 1. The largest absolute Gasteiger partial charge is 0.497 e. The smallest absolute Gasteiger partial charge is 0.127 e. The first kappa shape index (κ1) is 13.6. The number of nitrogens with zero attached hydrogens (tertiary/aromatic N) is 1. The van der Waals surface area contributed by atoms with E-state index in [1.807, 2.05) is 42.5 Å². The maximum absolute atomic E-state index is 5.30. The zero-order valence-corrected chi connectivity index (χ0v) is 12.3. The van der Waals surface area contributed by atoms with Gasteiger partial charge in [-0.25, -0.2) is 0 Å². The first-order chi connectivity index (χ1) is 9.22. The zero-order valence-electron chi connectivity index (χ0n) is 10.8. The fourth-order valence-electron chi connectivity index (χ4n) is 1.61. The standard InChI is InChI=1S/C15H14BrNO2/c1-18-14-7-8-15(19-2)11(9-14)10-17-13-5-3-12(16)4-6-13/h3-10H,1-2H3. The fourth-order valence-corrected chi connectivity index (χ4v) is 1.88. The summed E-state index contributed by atoms with van der Waals surface area (Å²) in [6.45, 7) is 0. The van der Waals surface area contributed by atoms with Crippen LogP contribution in [0.1, 0.15) is 5.56 Å². The summed E-state index contributed by atoms with van der Waals surface area (Å²) in [4.78, 5) is 4.42.